The van der Waals surface area contributed by atoms with Gasteiger partial charge >= 0.3 is 0 Å². The number of nitrogens with zero attached hydrogens (tertiary/aromatic N) is 2. The standard InChI is InChI=1S/C16H19BrN2O/c1-12-6-7-16(15(17)10-12)20-11-13-8-9-19(18-13)14-4-2-3-5-14/h6-10,14H,2-5,11H2,1H3. The van der Waals surface area contributed by atoms with Crippen molar-refractivity contribution < 1.29 is 4.74 Å². The van der Waals surface area contributed by atoms with Gasteiger partial charge in [-0.25, -0.2) is 0 Å². The van der Waals surface area contributed by atoms with Crippen molar-refractivity contribution in [2.24, 2.45) is 0 Å². The smallest absolute Gasteiger partial charge is 0.134 e. The maximum absolute atomic E-state index is 5.83. The summed E-state index contributed by atoms with van der Waals surface area (Å²) in [6.45, 7) is 2.58. The van der Waals surface area contributed by atoms with Gasteiger partial charge in [-0.3, -0.25) is 4.68 Å². The summed E-state index contributed by atoms with van der Waals surface area (Å²) in [7, 11) is 0. The third-order valence-corrected chi connectivity index (χ3v) is 4.45. The van der Waals surface area contributed by atoms with E-state index < -0.39 is 0 Å². The number of hydrogen-bond acceptors (Lipinski definition) is 2. The van der Waals surface area contributed by atoms with Crippen LogP contribution in [-0.2, 0) is 6.61 Å². The van der Waals surface area contributed by atoms with Gasteiger partial charge in [-0.1, -0.05) is 18.9 Å². The normalized spacial score (nSPS) is 15.7. The van der Waals surface area contributed by atoms with Crippen LogP contribution in [-0.4, -0.2) is 9.78 Å². The van der Waals surface area contributed by atoms with Crippen LogP contribution in [0.2, 0.25) is 0 Å². The highest BCUT2D eigenvalue weighted by Crippen LogP contribution is 2.29. The summed E-state index contributed by atoms with van der Waals surface area (Å²) in [6.07, 6.45) is 7.25. The molecule has 1 aromatic carbocycles. The highest BCUT2D eigenvalue weighted by Gasteiger charge is 2.17. The molecule has 3 rings (SSSR count). The Morgan fingerprint density at radius 1 is 1.30 bits per heavy atom. The summed E-state index contributed by atoms with van der Waals surface area (Å²) in [5.41, 5.74) is 2.21. The van der Waals surface area contributed by atoms with Crippen molar-refractivity contribution in [3.63, 3.8) is 0 Å². The summed E-state index contributed by atoms with van der Waals surface area (Å²) >= 11 is 3.53. The summed E-state index contributed by atoms with van der Waals surface area (Å²) in [5.74, 6) is 0.867. The van der Waals surface area contributed by atoms with Gasteiger partial charge in [-0.15, -0.1) is 0 Å². The number of rotatable bonds is 4. The first kappa shape index (κ1) is 13.7. The molecule has 1 aromatic heterocycles. The molecule has 4 heteroatoms. The van der Waals surface area contributed by atoms with Gasteiger partial charge in [-0.2, -0.15) is 5.10 Å². The van der Waals surface area contributed by atoms with Crippen molar-refractivity contribution in [2.75, 3.05) is 0 Å². The lowest BCUT2D eigenvalue weighted by Crippen LogP contribution is -2.06. The van der Waals surface area contributed by atoms with Gasteiger partial charge in [0.1, 0.15) is 12.4 Å². The predicted molar refractivity (Wildman–Crippen MR) is 82.9 cm³/mol. The van der Waals surface area contributed by atoms with Crippen LogP contribution in [0.5, 0.6) is 5.75 Å². The van der Waals surface area contributed by atoms with E-state index in [1.807, 2.05) is 6.07 Å². The lowest BCUT2D eigenvalue weighted by atomic mass is 10.2. The first-order valence-electron chi connectivity index (χ1n) is 7.15. The number of halogens is 1. The molecule has 0 amide bonds. The van der Waals surface area contributed by atoms with E-state index in [0.717, 1.165) is 15.9 Å². The average molecular weight is 335 g/mol. The molecule has 1 heterocycles. The lowest BCUT2D eigenvalue weighted by Gasteiger charge is -2.09. The second-order valence-corrected chi connectivity index (χ2v) is 6.30. The van der Waals surface area contributed by atoms with Gasteiger partial charge in [0, 0.05) is 6.20 Å². The second kappa shape index (κ2) is 6.00. The minimum atomic E-state index is 0.515. The number of aromatic nitrogens is 2. The highest BCUT2D eigenvalue weighted by atomic mass is 79.9. The fourth-order valence-corrected chi connectivity index (χ4v) is 3.31. The van der Waals surface area contributed by atoms with Crippen molar-refractivity contribution in [1.29, 1.82) is 0 Å². The second-order valence-electron chi connectivity index (χ2n) is 5.45. The largest absolute Gasteiger partial charge is 0.486 e. The maximum atomic E-state index is 5.83. The summed E-state index contributed by atoms with van der Waals surface area (Å²) < 4.78 is 8.93. The van der Waals surface area contributed by atoms with E-state index in [4.69, 9.17) is 4.74 Å². The Balaban J connectivity index is 1.63. The number of hydrogen-bond donors (Lipinski definition) is 0. The van der Waals surface area contributed by atoms with E-state index in [-0.39, 0.29) is 0 Å². The van der Waals surface area contributed by atoms with Crippen LogP contribution in [0.25, 0.3) is 0 Å². The molecule has 1 fully saturated rings. The first-order valence-corrected chi connectivity index (χ1v) is 7.94. The molecule has 0 radical (unpaired) electrons. The first-order chi connectivity index (χ1) is 9.72. The van der Waals surface area contributed by atoms with E-state index in [0.29, 0.717) is 12.6 Å². The van der Waals surface area contributed by atoms with Gasteiger partial charge in [-0.05, 0) is 59.5 Å². The molecule has 0 N–H and O–H groups in total. The SMILES string of the molecule is Cc1ccc(OCc2ccn(C3CCCC3)n2)c(Br)c1. The summed E-state index contributed by atoms with van der Waals surface area (Å²) in [6, 6.07) is 8.76. The van der Waals surface area contributed by atoms with Crippen LogP contribution in [0.15, 0.2) is 34.9 Å². The molecule has 0 saturated heterocycles. The van der Waals surface area contributed by atoms with Gasteiger partial charge in [0.15, 0.2) is 0 Å². The fraction of sp³-hybridized carbons (Fsp3) is 0.438. The zero-order valence-corrected chi connectivity index (χ0v) is 13.3. The van der Waals surface area contributed by atoms with Crippen molar-refractivity contribution in [2.45, 2.75) is 45.3 Å². The Bertz CT molecular complexity index is 588. The predicted octanol–water partition coefficient (Wildman–Crippen LogP) is 4.65. The fourth-order valence-electron chi connectivity index (χ4n) is 2.70. The monoisotopic (exact) mass is 334 g/mol. The molecular weight excluding hydrogens is 316 g/mol. The zero-order valence-electron chi connectivity index (χ0n) is 11.7. The molecule has 106 valence electrons. The third kappa shape index (κ3) is 3.06. The van der Waals surface area contributed by atoms with Crippen LogP contribution >= 0.6 is 15.9 Å². The number of ether oxygens (including phenoxy) is 1. The molecule has 1 aliphatic rings. The van der Waals surface area contributed by atoms with Crippen molar-refractivity contribution in [3.8, 4) is 5.75 Å². The molecular formula is C16H19BrN2O. The van der Waals surface area contributed by atoms with E-state index in [1.54, 1.807) is 0 Å². The van der Waals surface area contributed by atoms with Gasteiger partial charge < -0.3 is 4.74 Å². The number of aryl methyl sites for hydroxylation is 1. The number of benzene rings is 1. The topological polar surface area (TPSA) is 27.1 Å². The molecule has 0 unspecified atom stereocenters. The van der Waals surface area contributed by atoms with Crippen molar-refractivity contribution in [3.05, 3.63) is 46.2 Å². The van der Waals surface area contributed by atoms with Crippen LogP contribution in [0.4, 0.5) is 0 Å². The van der Waals surface area contributed by atoms with Crippen LogP contribution in [0, 0.1) is 6.92 Å². The average Bonchev–Trinajstić information content (AvgIpc) is 3.08. The molecule has 1 aliphatic carbocycles. The molecule has 20 heavy (non-hydrogen) atoms. The zero-order chi connectivity index (χ0) is 13.9. The Hall–Kier alpha value is -1.29. The molecule has 0 bridgehead atoms. The van der Waals surface area contributed by atoms with Gasteiger partial charge in [0.2, 0.25) is 0 Å². The van der Waals surface area contributed by atoms with Gasteiger partial charge in [0.05, 0.1) is 16.2 Å². The summed E-state index contributed by atoms with van der Waals surface area (Å²) in [5, 5.41) is 4.63. The quantitative estimate of drug-likeness (QED) is 0.813. The molecule has 2 aromatic rings. The Morgan fingerprint density at radius 3 is 2.85 bits per heavy atom. The lowest BCUT2D eigenvalue weighted by molar-refractivity contribution is 0.296. The van der Waals surface area contributed by atoms with Crippen LogP contribution in [0.1, 0.15) is 43.0 Å². The van der Waals surface area contributed by atoms with Gasteiger partial charge in [0.25, 0.3) is 0 Å². The van der Waals surface area contributed by atoms with E-state index in [9.17, 15) is 0 Å². The van der Waals surface area contributed by atoms with Crippen LogP contribution in [0.3, 0.4) is 0 Å². The Labute approximate surface area is 128 Å². The Kier molecular flexibility index (Phi) is 4.10. The van der Waals surface area contributed by atoms with Crippen LogP contribution < -0.4 is 4.74 Å². The Morgan fingerprint density at radius 2 is 2.10 bits per heavy atom. The maximum Gasteiger partial charge on any atom is 0.134 e. The minimum absolute atomic E-state index is 0.515. The summed E-state index contributed by atoms with van der Waals surface area (Å²) in [4.78, 5) is 0. The molecule has 0 spiro atoms. The molecule has 0 atom stereocenters. The highest BCUT2D eigenvalue weighted by molar-refractivity contribution is 9.10. The van der Waals surface area contributed by atoms with E-state index >= 15 is 0 Å². The molecule has 1 saturated carbocycles. The van der Waals surface area contributed by atoms with Crippen molar-refractivity contribution in [1.82, 2.24) is 9.78 Å². The molecule has 3 nitrogen and oxygen atoms in total. The third-order valence-electron chi connectivity index (χ3n) is 3.83. The van der Waals surface area contributed by atoms with E-state index in [1.165, 1.54) is 31.2 Å². The molecule has 0 aliphatic heterocycles. The van der Waals surface area contributed by atoms with E-state index in [2.05, 4.69) is 57.0 Å². The van der Waals surface area contributed by atoms with Crippen molar-refractivity contribution >= 4 is 15.9 Å². The minimum Gasteiger partial charge on any atom is -0.486 e.